The summed E-state index contributed by atoms with van der Waals surface area (Å²) in [4.78, 5) is 0. The molecule has 1 rings (SSSR count). The van der Waals surface area contributed by atoms with Crippen LogP contribution in [0.3, 0.4) is 0 Å². The molecule has 0 aliphatic carbocycles. The van der Waals surface area contributed by atoms with Crippen molar-refractivity contribution < 1.29 is 17.9 Å². The molecule has 1 N–H and O–H groups in total. The minimum Gasteiger partial charge on any atom is -0.371 e. The van der Waals surface area contributed by atoms with Gasteiger partial charge < -0.3 is 10.1 Å². The highest BCUT2D eigenvalue weighted by atomic mass is 79.9. The van der Waals surface area contributed by atoms with Gasteiger partial charge in [0, 0.05) is 17.1 Å². The molecule has 0 aromatic heterocycles. The van der Waals surface area contributed by atoms with Crippen LogP contribution in [0, 0.1) is 0 Å². The monoisotopic (exact) mass is 325 g/mol. The Morgan fingerprint density at radius 3 is 2.72 bits per heavy atom. The first-order valence-corrected chi connectivity index (χ1v) is 6.31. The van der Waals surface area contributed by atoms with Crippen molar-refractivity contribution in [2.45, 2.75) is 19.1 Å². The summed E-state index contributed by atoms with van der Waals surface area (Å²) in [5.74, 6) is 0. The molecule has 0 heterocycles. The lowest BCUT2D eigenvalue weighted by Gasteiger charge is -2.15. The van der Waals surface area contributed by atoms with E-state index in [1.54, 1.807) is 0 Å². The maximum Gasteiger partial charge on any atom is 0.411 e. The normalized spacial score (nSPS) is 13.6. The molecule has 0 spiro atoms. The van der Waals surface area contributed by atoms with E-state index in [0.717, 1.165) is 10.0 Å². The zero-order valence-electron chi connectivity index (χ0n) is 9.93. The van der Waals surface area contributed by atoms with Gasteiger partial charge in [0.05, 0.1) is 6.61 Å². The molecule has 0 bridgehead atoms. The summed E-state index contributed by atoms with van der Waals surface area (Å²) in [7, 11) is 0. The largest absolute Gasteiger partial charge is 0.411 e. The molecule has 0 amide bonds. The third kappa shape index (κ3) is 6.37. The van der Waals surface area contributed by atoms with Gasteiger partial charge in [-0.25, -0.2) is 0 Å². The Balaban J connectivity index is 2.23. The number of ether oxygens (including phenoxy) is 1. The lowest BCUT2D eigenvalue weighted by atomic mass is 10.1. The third-order valence-electron chi connectivity index (χ3n) is 2.31. The summed E-state index contributed by atoms with van der Waals surface area (Å²) in [5, 5.41) is 3.10. The Bertz CT molecular complexity index is 371. The second-order valence-corrected chi connectivity index (χ2v) is 4.81. The second-order valence-electron chi connectivity index (χ2n) is 3.90. The average Bonchev–Trinajstić information content (AvgIpc) is 2.26. The molecule has 102 valence electrons. The summed E-state index contributed by atoms with van der Waals surface area (Å²) < 4.78 is 40.9. The molecule has 0 aliphatic heterocycles. The molecule has 1 aromatic carbocycles. The average molecular weight is 326 g/mol. The van der Waals surface area contributed by atoms with Gasteiger partial charge in [-0.05, 0) is 24.6 Å². The third-order valence-corrected chi connectivity index (χ3v) is 2.80. The number of alkyl halides is 3. The molecule has 0 saturated carbocycles. The predicted molar refractivity (Wildman–Crippen MR) is 67.4 cm³/mol. The Kier molecular flexibility index (Phi) is 6.11. The second kappa shape index (κ2) is 7.11. The van der Waals surface area contributed by atoms with E-state index in [9.17, 15) is 13.2 Å². The van der Waals surface area contributed by atoms with Crippen LogP contribution in [0.1, 0.15) is 18.5 Å². The molecule has 0 aliphatic rings. The fourth-order valence-corrected chi connectivity index (χ4v) is 1.85. The van der Waals surface area contributed by atoms with E-state index in [0.29, 0.717) is 6.54 Å². The van der Waals surface area contributed by atoms with E-state index >= 15 is 0 Å². The number of benzene rings is 1. The van der Waals surface area contributed by atoms with Gasteiger partial charge in [0.2, 0.25) is 0 Å². The SMILES string of the molecule is C[C@@H](NCCOCC(F)(F)F)c1cccc(Br)c1. The van der Waals surface area contributed by atoms with Crippen LogP contribution in [0.25, 0.3) is 0 Å². The van der Waals surface area contributed by atoms with Crippen LogP contribution in [0.5, 0.6) is 0 Å². The first-order chi connectivity index (χ1) is 8.38. The molecular formula is C12H15BrF3NO. The number of rotatable bonds is 6. The molecule has 0 fully saturated rings. The van der Waals surface area contributed by atoms with Gasteiger partial charge in [0.15, 0.2) is 0 Å². The molecule has 6 heteroatoms. The van der Waals surface area contributed by atoms with Crippen molar-refractivity contribution in [1.82, 2.24) is 5.32 Å². The Hall–Kier alpha value is -0.590. The highest BCUT2D eigenvalue weighted by Crippen LogP contribution is 2.17. The number of halogens is 4. The van der Waals surface area contributed by atoms with Crippen LogP contribution in [0.2, 0.25) is 0 Å². The molecular weight excluding hydrogens is 311 g/mol. The van der Waals surface area contributed by atoms with Crippen LogP contribution in [0.15, 0.2) is 28.7 Å². The van der Waals surface area contributed by atoms with Crippen LogP contribution < -0.4 is 5.32 Å². The van der Waals surface area contributed by atoms with E-state index in [4.69, 9.17) is 0 Å². The maximum atomic E-state index is 11.8. The highest BCUT2D eigenvalue weighted by molar-refractivity contribution is 9.10. The summed E-state index contributed by atoms with van der Waals surface area (Å²) in [6.07, 6.45) is -4.25. The quantitative estimate of drug-likeness (QED) is 0.805. The van der Waals surface area contributed by atoms with Crippen molar-refractivity contribution in [3.63, 3.8) is 0 Å². The van der Waals surface area contributed by atoms with Crippen molar-refractivity contribution >= 4 is 15.9 Å². The molecule has 2 nitrogen and oxygen atoms in total. The van der Waals surface area contributed by atoms with Crippen LogP contribution >= 0.6 is 15.9 Å². The standard InChI is InChI=1S/C12H15BrF3NO/c1-9(10-3-2-4-11(13)7-10)17-5-6-18-8-12(14,15)16/h2-4,7,9,17H,5-6,8H2,1H3/t9-/m1/s1. The smallest absolute Gasteiger partial charge is 0.371 e. The molecule has 0 radical (unpaired) electrons. The van der Waals surface area contributed by atoms with Gasteiger partial charge in [-0.2, -0.15) is 13.2 Å². The Morgan fingerprint density at radius 2 is 2.11 bits per heavy atom. The van der Waals surface area contributed by atoms with E-state index in [-0.39, 0.29) is 12.6 Å². The molecule has 18 heavy (non-hydrogen) atoms. The van der Waals surface area contributed by atoms with Crippen molar-refractivity contribution in [2.24, 2.45) is 0 Å². The van der Waals surface area contributed by atoms with Crippen LogP contribution in [-0.4, -0.2) is 25.9 Å². The molecule has 1 atom stereocenters. The Labute approximate surface area is 113 Å². The van der Waals surface area contributed by atoms with E-state index in [1.165, 1.54) is 0 Å². The van der Waals surface area contributed by atoms with E-state index in [2.05, 4.69) is 26.0 Å². The fraction of sp³-hybridized carbons (Fsp3) is 0.500. The molecule has 0 saturated heterocycles. The molecule has 1 aromatic rings. The number of nitrogens with one attached hydrogen (secondary N) is 1. The topological polar surface area (TPSA) is 21.3 Å². The maximum absolute atomic E-state index is 11.8. The number of hydrogen-bond acceptors (Lipinski definition) is 2. The van der Waals surface area contributed by atoms with Crippen molar-refractivity contribution in [2.75, 3.05) is 19.8 Å². The van der Waals surface area contributed by atoms with Crippen molar-refractivity contribution in [1.29, 1.82) is 0 Å². The number of hydrogen-bond donors (Lipinski definition) is 1. The minimum atomic E-state index is -4.25. The first kappa shape index (κ1) is 15.5. The minimum absolute atomic E-state index is 0.0395. The van der Waals surface area contributed by atoms with Gasteiger partial charge in [-0.15, -0.1) is 0 Å². The zero-order chi connectivity index (χ0) is 13.6. The highest BCUT2D eigenvalue weighted by Gasteiger charge is 2.27. The first-order valence-electron chi connectivity index (χ1n) is 5.52. The summed E-state index contributed by atoms with van der Waals surface area (Å²) >= 11 is 3.37. The van der Waals surface area contributed by atoms with Gasteiger partial charge >= 0.3 is 6.18 Å². The lowest BCUT2D eigenvalue weighted by Crippen LogP contribution is -2.25. The summed E-state index contributed by atoms with van der Waals surface area (Å²) in [6, 6.07) is 7.82. The zero-order valence-corrected chi connectivity index (χ0v) is 11.5. The predicted octanol–water partition coefficient (Wildman–Crippen LogP) is 3.68. The van der Waals surface area contributed by atoms with Gasteiger partial charge in [0.25, 0.3) is 0 Å². The van der Waals surface area contributed by atoms with Crippen LogP contribution in [-0.2, 0) is 4.74 Å². The van der Waals surface area contributed by atoms with Crippen molar-refractivity contribution in [3.05, 3.63) is 34.3 Å². The summed E-state index contributed by atoms with van der Waals surface area (Å²) in [6.45, 7) is 1.17. The van der Waals surface area contributed by atoms with E-state index in [1.807, 2.05) is 31.2 Å². The fourth-order valence-electron chi connectivity index (χ4n) is 1.43. The van der Waals surface area contributed by atoms with Gasteiger partial charge in [-0.3, -0.25) is 0 Å². The van der Waals surface area contributed by atoms with Crippen LogP contribution in [0.4, 0.5) is 13.2 Å². The van der Waals surface area contributed by atoms with E-state index < -0.39 is 12.8 Å². The van der Waals surface area contributed by atoms with Crippen molar-refractivity contribution in [3.8, 4) is 0 Å². The van der Waals surface area contributed by atoms with Gasteiger partial charge in [0.1, 0.15) is 6.61 Å². The lowest BCUT2D eigenvalue weighted by molar-refractivity contribution is -0.173. The Morgan fingerprint density at radius 1 is 1.39 bits per heavy atom. The van der Waals surface area contributed by atoms with Gasteiger partial charge in [-0.1, -0.05) is 28.1 Å². The summed E-state index contributed by atoms with van der Waals surface area (Å²) in [5.41, 5.74) is 1.07. The molecule has 0 unspecified atom stereocenters.